The molecule has 114 valence electrons. The van der Waals surface area contributed by atoms with Crippen molar-refractivity contribution < 1.29 is 4.79 Å². The summed E-state index contributed by atoms with van der Waals surface area (Å²) >= 11 is 1.77. The zero-order valence-corrected chi connectivity index (χ0v) is 13.6. The van der Waals surface area contributed by atoms with E-state index < -0.39 is 0 Å². The van der Waals surface area contributed by atoms with Gasteiger partial charge in [-0.05, 0) is 74.2 Å². The molecule has 0 aliphatic heterocycles. The number of hydrogen-bond donors (Lipinski definition) is 1. The van der Waals surface area contributed by atoms with Crippen LogP contribution in [0.15, 0.2) is 0 Å². The van der Waals surface area contributed by atoms with Crippen LogP contribution in [0.3, 0.4) is 0 Å². The molecule has 2 N–H and O–H groups in total. The maximum atomic E-state index is 12.6. The van der Waals surface area contributed by atoms with Gasteiger partial charge in [0.2, 0.25) is 5.91 Å². The Kier molecular flexibility index (Phi) is 4.32. The lowest BCUT2D eigenvalue weighted by Crippen LogP contribution is -2.58. The van der Waals surface area contributed by atoms with E-state index in [4.69, 9.17) is 5.73 Å². The summed E-state index contributed by atoms with van der Waals surface area (Å²) in [4.78, 5) is 14.6. The fraction of sp³-hybridized carbons (Fsp3) is 0.938. The molecule has 3 nitrogen and oxygen atoms in total. The summed E-state index contributed by atoms with van der Waals surface area (Å²) in [6, 6.07) is 0.181. The number of amides is 1. The molecule has 0 heterocycles. The van der Waals surface area contributed by atoms with Crippen LogP contribution in [-0.2, 0) is 4.79 Å². The second-order valence-electron chi connectivity index (χ2n) is 7.26. The van der Waals surface area contributed by atoms with Crippen molar-refractivity contribution in [1.82, 2.24) is 4.90 Å². The van der Waals surface area contributed by atoms with Crippen molar-refractivity contribution in [2.45, 2.75) is 50.6 Å². The van der Waals surface area contributed by atoms with Crippen LogP contribution in [0.2, 0.25) is 0 Å². The number of carbonyl (C=O) groups is 1. The molecule has 0 saturated heterocycles. The van der Waals surface area contributed by atoms with E-state index >= 15 is 0 Å². The fourth-order valence-corrected chi connectivity index (χ4v) is 5.80. The molecule has 4 saturated carbocycles. The summed E-state index contributed by atoms with van der Waals surface area (Å²) < 4.78 is 0. The lowest BCUT2D eigenvalue weighted by atomic mass is 9.54. The van der Waals surface area contributed by atoms with Crippen molar-refractivity contribution in [2.24, 2.45) is 29.4 Å². The molecule has 4 heteroatoms. The Morgan fingerprint density at radius 1 is 1.20 bits per heavy atom. The number of rotatable bonds is 5. The van der Waals surface area contributed by atoms with Crippen molar-refractivity contribution in [3.05, 3.63) is 0 Å². The average molecular weight is 296 g/mol. The van der Waals surface area contributed by atoms with Gasteiger partial charge in [0, 0.05) is 13.1 Å². The normalized spacial score (nSPS) is 39.9. The average Bonchev–Trinajstić information content (AvgIpc) is 2.42. The molecule has 1 atom stereocenters. The third kappa shape index (κ3) is 2.61. The largest absolute Gasteiger partial charge is 0.341 e. The Balaban J connectivity index is 1.65. The first-order chi connectivity index (χ1) is 9.60. The van der Waals surface area contributed by atoms with Crippen LogP contribution in [0.4, 0.5) is 0 Å². The molecule has 0 aromatic rings. The van der Waals surface area contributed by atoms with Gasteiger partial charge < -0.3 is 10.6 Å². The van der Waals surface area contributed by atoms with Gasteiger partial charge >= 0.3 is 0 Å². The van der Waals surface area contributed by atoms with Gasteiger partial charge in [-0.1, -0.05) is 0 Å². The predicted octanol–water partition coefficient (Wildman–Crippen LogP) is 2.35. The summed E-state index contributed by atoms with van der Waals surface area (Å²) in [6.07, 6.45) is 9.76. The molecular weight excluding hydrogens is 268 g/mol. The van der Waals surface area contributed by atoms with Gasteiger partial charge in [0.05, 0.1) is 6.04 Å². The maximum absolute atomic E-state index is 12.6. The summed E-state index contributed by atoms with van der Waals surface area (Å²) in [7, 11) is 2.01. The Labute approximate surface area is 127 Å². The number of thioether (sulfide) groups is 1. The summed E-state index contributed by atoms with van der Waals surface area (Å²) in [5.74, 6) is 4.59. The number of carbonyl (C=O) groups excluding carboxylic acids is 1. The highest BCUT2D eigenvalue weighted by molar-refractivity contribution is 7.98. The fourth-order valence-electron chi connectivity index (χ4n) is 5.31. The van der Waals surface area contributed by atoms with E-state index in [9.17, 15) is 4.79 Å². The smallest absolute Gasteiger partial charge is 0.239 e. The Morgan fingerprint density at radius 3 is 2.25 bits per heavy atom. The number of nitrogens with two attached hydrogens (primary N) is 1. The van der Waals surface area contributed by atoms with Crippen molar-refractivity contribution >= 4 is 17.7 Å². The molecule has 4 aliphatic rings. The second kappa shape index (κ2) is 5.88. The molecule has 4 bridgehead atoms. The van der Waals surface area contributed by atoms with Crippen LogP contribution < -0.4 is 5.73 Å². The van der Waals surface area contributed by atoms with E-state index in [-0.39, 0.29) is 11.9 Å². The number of likely N-dealkylation sites (N-methyl/N-ethyl adjacent to an activating group) is 1. The van der Waals surface area contributed by atoms with Crippen LogP contribution in [0.25, 0.3) is 0 Å². The molecule has 4 rings (SSSR count). The first kappa shape index (κ1) is 14.7. The molecule has 1 amide bonds. The third-order valence-electron chi connectivity index (χ3n) is 5.92. The van der Waals surface area contributed by atoms with E-state index in [2.05, 4.69) is 6.26 Å². The minimum atomic E-state index is -0.301. The van der Waals surface area contributed by atoms with Crippen molar-refractivity contribution in [2.75, 3.05) is 19.1 Å². The van der Waals surface area contributed by atoms with Crippen LogP contribution in [-0.4, -0.2) is 41.9 Å². The zero-order chi connectivity index (χ0) is 14.3. The third-order valence-corrected chi connectivity index (χ3v) is 6.57. The Hall–Kier alpha value is -0.220. The highest BCUT2D eigenvalue weighted by atomic mass is 32.2. The second-order valence-corrected chi connectivity index (χ2v) is 8.24. The van der Waals surface area contributed by atoms with Crippen molar-refractivity contribution in [3.8, 4) is 0 Å². The number of nitrogens with zero attached hydrogens (tertiary/aromatic N) is 1. The zero-order valence-electron chi connectivity index (χ0n) is 12.8. The number of hydrogen-bond acceptors (Lipinski definition) is 3. The van der Waals surface area contributed by atoms with Crippen LogP contribution in [0.1, 0.15) is 38.5 Å². The predicted molar refractivity (Wildman–Crippen MR) is 84.6 cm³/mol. The molecule has 20 heavy (non-hydrogen) atoms. The molecule has 0 aromatic carbocycles. The van der Waals surface area contributed by atoms with E-state index in [0.29, 0.717) is 6.04 Å². The Morgan fingerprint density at radius 2 is 1.75 bits per heavy atom. The summed E-state index contributed by atoms with van der Waals surface area (Å²) in [5, 5.41) is 0. The van der Waals surface area contributed by atoms with Gasteiger partial charge in [-0.15, -0.1) is 0 Å². The maximum Gasteiger partial charge on any atom is 0.239 e. The van der Waals surface area contributed by atoms with Crippen molar-refractivity contribution in [3.63, 3.8) is 0 Å². The van der Waals surface area contributed by atoms with Gasteiger partial charge in [0.1, 0.15) is 0 Å². The van der Waals surface area contributed by atoms with Gasteiger partial charge in [0.25, 0.3) is 0 Å². The minimum absolute atomic E-state index is 0.177. The van der Waals surface area contributed by atoms with E-state index in [1.165, 1.54) is 32.1 Å². The van der Waals surface area contributed by atoms with Crippen molar-refractivity contribution in [1.29, 1.82) is 0 Å². The molecule has 0 aromatic heterocycles. The minimum Gasteiger partial charge on any atom is -0.341 e. The molecule has 0 unspecified atom stereocenters. The van der Waals surface area contributed by atoms with E-state index in [1.54, 1.807) is 11.8 Å². The Bertz CT molecular complexity index is 345. The van der Waals surface area contributed by atoms with Crippen LogP contribution >= 0.6 is 11.8 Å². The van der Waals surface area contributed by atoms with E-state index in [0.717, 1.165) is 35.8 Å². The first-order valence-corrected chi connectivity index (χ1v) is 9.50. The van der Waals surface area contributed by atoms with Crippen LogP contribution in [0.5, 0.6) is 0 Å². The first-order valence-electron chi connectivity index (χ1n) is 8.11. The summed E-state index contributed by atoms with van der Waals surface area (Å²) in [5.41, 5.74) is 6.09. The molecule has 4 aliphatic carbocycles. The van der Waals surface area contributed by atoms with Gasteiger partial charge in [-0.2, -0.15) is 11.8 Å². The monoisotopic (exact) mass is 296 g/mol. The lowest BCUT2D eigenvalue weighted by Gasteiger charge is -2.56. The van der Waals surface area contributed by atoms with Gasteiger partial charge in [-0.25, -0.2) is 0 Å². The molecule has 0 radical (unpaired) electrons. The highest BCUT2D eigenvalue weighted by Crippen LogP contribution is 2.54. The van der Waals surface area contributed by atoms with E-state index in [1.807, 2.05) is 11.9 Å². The SMILES string of the molecule is CSCC[C@@H](N)C(=O)N(C)C1C2CC3CC(C2)CC1C3. The topological polar surface area (TPSA) is 46.3 Å². The highest BCUT2D eigenvalue weighted by Gasteiger charge is 2.50. The molecule has 0 spiro atoms. The lowest BCUT2D eigenvalue weighted by molar-refractivity contribution is -0.142. The molecular formula is C16H28N2OS. The standard InChI is InChI=1S/C16H28N2OS/c1-18(16(19)14(17)3-4-20-2)15-12-6-10-5-11(8-12)9-13(15)7-10/h10-15H,3-9,17H2,1-2H3/t10?,11?,12?,13?,14-,15?/m1/s1. The van der Waals surface area contributed by atoms with Crippen LogP contribution in [0, 0.1) is 23.7 Å². The van der Waals surface area contributed by atoms with Gasteiger partial charge in [-0.3, -0.25) is 4.79 Å². The molecule has 4 fully saturated rings. The quantitative estimate of drug-likeness (QED) is 0.847. The summed E-state index contributed by atoms with van der Waals surface area (Å²) in [6.45, 7) is 0. The van der Waals surface area contributed by atoms with Gasteiger partial charge in [0.15, 0.2) is 0 Å².